The van der Waals surface area contributed by atoms with Gasteiger partial charge in [-0.2, -0.15) is 0 Å². The Morgan fingerprint density at radius 2 is 2.28 bits per heavy atom. The smallest absolute Gasteiger partial charge is 0.230 e. The molecule has 0 bridgehead atoms. The molecule has 1 aliphatic heterocycles. The van der Waals surface area contributed by atoms with Gasteiger partial charge in [-0.1, -0.05) is 6.07 Å². The molecule has 0 aromatic carbocycles. The first kappa shape index (κ1) is 15.6. The van der Waals surface area contributed by atoms with Gasteiger partial charge in [-0.15, -0.1) is 0 Å². The van der Waals surface area contributed by atoms with Crippen molar-refractivity contribution in [1.29, 1.82) is 0 Å². The molecular weight excluding hydrogens is 316 g/mol. The molecule has 0 spiro atoms. The lowest BCUT2D eigenvalue weighted by molar-refractivity contribution is -0.120. The molecule has 4 rings (SSSR count). The summed E-state index contributed by atoms with van der Waals surface area (Å²) >= 11 is 0. The minimum absolute atomic E-state index is 0.0169. The summed E-state index contributed by atoms with van der Waals surface area (Å²) in [5.74, 6) is 1.42. The molecule has 7 nitrogen and oxygen atoms in total. The number of fused-ring (bicyclic) bond motifs is 1. The average molecular weight is 336 g/mol. The number of nitrogens with zero attached hydrogens (tertiary/aromatic N) is 5. The number of nitrogens with one attached hydrogen (secondary N) is 1. The third-order valence-electron chi connectivity index (χ3n) is 4.55. The lowest BCUT2D eigenvalue weighted by atomic mass is 9.97. The van der Waals surface area contributed by atoms with Crippen LogP contribution in [0.1, 0.15) is 18.5 Å². The maximum atomic E-state index is 12.7. The molecule has 1 fully saturated rings. The number of hydrogen-bond donors (Lipinski definition) is 1. The van der Waals surface area contributed by atoms with Crippen LogP contribution in [-0.4, -0.2) is 38.3 Å². The lowest BCUT2D eigenvalue weighted by Gasteiger charge is -2.33. The van der Waals surface area contributed by atoms with Crippen molar-refractivity contribution in [2.75, 3.05) is 23.3 Å². The van der Waals surface area contributed by atoms with E-state index in [1.807, 2.05) is 41.9 Å². The molecule has 0 saturated carbocycles. The van der Waals surface area contributed by atoms with Crippen molar-refractivity contribution < 1.29 is 4.79 Å². The average Bonchev–Trinajstić information content (AvgIpc) is 3.10. The second kappa shape index (κ2) is 6.51. The molecule has 1 unspecified atom stereocenters. The Morgan fingerprint density at radius 3 is 3.16 bits per heavy atom. The Bertz CT molecular complexity index is 905. The van der Waals surface area contributed by atoms with Crippen LogP contribution in [-0.2, 0) is 4.79 Å². The van der Waals surface area contributed by atoms with Crippen molar-refractivity contribution in [2.45, 2.75) is 19.8 Å². The number of rotatable bonds is 3. The van der Waals surface area contributed by atoms with Crippen molar-refractivity contribution in [3.63, 3.8) is 0 Å². The van der Waals surface area contributed by atoms with Crippen molar-refractivity contribution in [3.8, 4) is 0 Å². The van der Waals surface area contributed by atoms with Gasteiger partial charge < -0.3 is 14.6 Å². The fraction of sp³-hybridized carbons (Fsp3) is 0.333. The molecule has 25 heavy (non-hydrogen) atoms. The molecule has 3 aromatic heterocycles. The molecule has 0 aliphatic carbocycles. The summed E-state index contributed by atoms with van der Waals surface area (Å²) in [7, 11) is 0. The quantitative estimate of drug-likeness (QED) is 0.794. The molecule has 4 heterocycles. The zero-order valence-corrected chi connectivity index (χ0v) is 14.1. The first-order valence-corrected chi connectivity index (χ1v) is 8.47. The van der Waals surface area contributed by atoms with E-state index in [1.165, 1.54) is 0 Å². The number of piperidine rings is 1. The zero-order chi connectivity index (χ0) is 17.2. The summed E-state index contributed by atoms with van der Waals surface area (Å²) in [6.45, 7) is 3.45. The zero-order valence-electron chi connectivity index (χ0n) is 14.1. The first-order chi connectivity index (χ1) is 12.2. The van der Waals surface area contributed by atoms with Crippen molar-refractivity contribution >= 4 is 23.1 Å². The van der Waals surface area contributed by atoms with Gasteiger partial charge in [-0.25, -0.2) is 15.0 Å². The van der Waals surface area contributed by atoms with Crippen molar-refractivity contribution in [2.24, 2.45) is 5.92 Å². The van der Waals surface area contributed by atoms with Gasteiger partial charge in [0.15, 0.2) is 5.82 Å². The molecule has 0 radical (unpaired) electrons. The maximum absolute atomic E-state index is 12.7. The summed E-state index contributed by atoms with van der Waals surface area (Å²) in [5.41, 5.74) is 1.85. The third kappa shape index (κ3) is 3.17. The molecule has 1 amide bonds. The molecule has 128 valence electrons. The van der Waals surface area contributed by atoms with Gasteiger partial charge in [0, 0.05) is 31.2 Å². The monoisotopic (exact) mass is 336 g/mol. The van der Waals surface area contributed by atoms with Gasteiger partial charge >= 0.3 is 0 Å². The normalized spacial score (nSPS) is 17.6. The molecule has 3 aromatic rings. The summed E-state index contributed by atoms with van der Waals surface area (Å²) in [6.07, 6.45) is 9.04. The Hall–Kier alpha value is -2.96. The van der Waals surface area contributed by atoms with Gasteiger partial charge in [0.25, 0.3) is 0 Å². The number of aryl methyl sites for hydroxylation is 1. The number of amides is 1. The lowest BCUT2D eigenvalue weighted by Crippen LogP contribution is -2.41. The van der Waals surface area contributed by atoms with Crippen LogP contribution >= 0.6 is 0 Å². The Labute approximate surface area is 145 Å². The van der Waals surface area contributed by atoms with E-state index in [9.17, 15) is 4.79 Å². The fourth-order valence-corrected chi connectivity index (χ4v) is 3.31. The Kier molecular flexibility index (Phi) is 4.05. The predicted octanol–water partition coefficient (Wildman–Crippen LogP) is 2.29. The van der Waals surface area contributed by atoms with E-state index >= 15 is 0 Å². The summed E-state index contributed by atoms with van der Waals surface area (Å²) in [5, 5.41) is 2.94. The van der Waals surface area contributed by atoms with Crippen LogP contribution in [0.5, 0.6) is 0 Å². The van der Waals surface area contributed by atoms with Crippen LogP contribution < -0.4 is 10.2 Å². The Balaban J connectivity index is 1.51. The number of aromatic nitrogens is 4. The fourth-order valence-electron chi connectivity index (χ4n) is 3.31. The van der Waals surface area contributed by atoms with Crippen molar-refractivity contribution in [1.82, 2.24) is 19.4 Å². The highest BCUT2D eigenvalue weighted by Crippen LogP contribution is 2.25. The standard InChI is InChI=1S/C18H20N6O/c1-13-4-2-6-16(21-13)22-18(25)14-5-3-8-23(11-14)17-15-10-19-12-24(15)9-7-20-17/h2,4,6-7,9-10,12,14H,3,5,8,11H2,1H3,(H,21,22,25). The van der Waals surface area contributed by atoms with Crippen LogP contribution in [0.25, 0.3) is 5.52 Å². The van der Waals surface area contributed by atoms with E-state index in [1.54, 1.807) is 12.5 Å². The molecular formula is C18H20N6O. The van der Waals surface area contributed by atoms with E-state index < -0.39 is 0 Å². The highest BCUT2D eigenvalue weighted by Gasteiger charge is 2.27. The van der Waals surface area contributed by atoms with Crippen molar-refractivity contribution in [3.05, 3.63) is 48.8 Å². The van der Waals surface area contributed by atoms with Crippen LogP contribution in [0.2, 0.25) is 0 Å². The highest BCUT2D eigenvalue weighted by atomic mass is 16.2. The van der Waals surface area contributed by atoms with E-state index in [-0.39, 0.29) is 11.8 Å². The number of hydrogen-bond acceptors (Lipinski definition) is 5. The van der Waals surface area contributed by atoms with Gasteiger partial charge in [-0.3, -0.25) is 4.79 Å². The minimum atomic E-state index is -0.0824. The SMILES string of the molecule is Cc1cccc(NC(=O)C2CCCN(c3nccn4cncc34)C2)n1. The largest absolute Gasteiger partial charge is 0.354 e. The molecule has 1 saturated heterocycles. The predicted molar refractivity (Wildman–Crippen MR) is 95.5 cm³/mol. The molecule has 7 heteroatoms. The second-order valence-electron chi connectivity index (χ2n) is 6.38. The van der Waals surface area contributed by atoms with Crippen LogP contribution in [0.15, 0.2) is 43.1 Å². The number of imidazole rings is 1. The summed E-state index contributed by atoms with van der Waals surface area (Å²) in [4.78, 5) is 27.9. The second-order valence-corrected chi connectivity index (χ2v) is 6.38. The molecule has 1 aliphatic rings. The van der Waals surface area contributed by atoms with Gasteiger partial charge in [0.05, 0.1) is 18.4 Å². The van der Waals surface area contributed by atoms with Crippen LogP contribution in [0, 0.1) is 12.8 Å². The summed E-state index contributed by atoms with van der Waals surface area (Å²) in [6, 6.07) is 5.63. The summed E-state index contributed by atoms with van der Waals surface area (Å²) < 4.78 is 1.95. The minimum Gasteiger partial charge on any atom is -0.354 e. The van der Waals surface area contributed by atoms with E-state index in [0.717, 1.165) is 36.4 Å². The van der Waals surface area contributed by atoms with Gasteiger partial charge in [0.1, 0.15) is 11.3 Å². The van der Waals surface area contributed by atoms with Crippen LogP contribution in [0.3, 0.4) is 0 Å². The van der Waals surface area contributed by atoms with Gasteiger partial charge in [-0.05, 0) is 31.9 Å². The van der Waals surface area contributed by atoms with Gasteiger partial charge in [0.2, 0.25) is 5.91 Å². The number of carbonyl (C=O) groups excluding carboxylic acids is 1. The van der Waals surface area contributed by atoms with E-state index in [2.05, 4.69) is 25.2 Å². The highest BCUT2D eigenvalue weighted by molar-refractivity contribution is 5.92. The topological polar surface area (TPSA) is 75.4 Å². The Morgan fingerprint density at radius 1 is 1.36 bits per heavy atom. The first-order valence-electron chi connectivity index (χ1n) is 8.47. The van der Waals surface area contributed by atoms with E-state index in [0.29, 0.717) is 12.4 Å². The number of pyridine rings is 1. The number of carbonyl (C=O) groups is 1. The number of anilines is 2. The molecule has 1 atom stereocenters. The maximum Gasteiger partial charge on any atom is 0.230 e. The van der Waals surface area contributed by atoms with Crippen LogP contribution in [0.4, 0.5) is 11.6 Å². The third-order valence-corrected chi connectivity index (χ3v) is 4.55. The van der Waals surface area contributed by atoms with E-state index in [4.69, 9.17) is 0 Å². The molecule has 1 N–H and O–H groups in total.